The van der Waals surface area contributed by atoms with E-state index in [-0.39, 0.29) is 5.56 Å². The number of nitrogens with zero attached hydrogens (tertiary/aromatic N) is 3. The maximum absolute atomic E-state index is 12.7. The van der Waals surface area contributed by atoms with Gasteiger partial charge in [-0.2, -0.15) is 4.98 Å². The van der Waals surface area contributed by atoms with Crippen molar-refractivity contribution in [3.8, 4) is 0 Å². The molecule has 0 bridgehead atoms. The van der Waals surface area contributed by atoms with Crippen LogP contribution in [0.1, 0.15) is 22.3 Å². The number of hydrogen-bond donors (Lipinski definition) is 0. The number of pyridine rings is 1. The van der Waals surface area contributed by atoms with E-state index in [4.69, 9.17) is 0 Å². The van der Waals surface area contributed by atoms with Gasteiger partial charge in [0.1, 0.15) is 0 Å². The Labute approximate surface area is 174 Å². The first-order chi connectivity index (χ1) is 14.3. The summed E-state index contributed by atoms with van der Waals surface area (Å²) in [6.07, 6.45) is 6.10. The summed E-state index contributed by atoms with van der Waals surface area (Å²) in [6.45, 7) is 0.648. The molecular formula is C24H21N3OS. The van der Waals surface area contributed by atoms with Crippen molar-refractivity contribution in [3.05, 3.63) is 124 Å². The van der Waals surface area contributed by atoms with Crippen molar-refractivity contribution in [2.75, 3.05) is 0 Å². The second kappa shape index (κ2) is 9.34. The Kier molecular flexibility index (Phi) is 6.17. The normalized spacial score (nSPS) is 10.8. The Hall–Kier alpha value is -3.18. The minimum absolute atomic E-state index is 0.157. The molecule has 29 heavy (non-hydrogen) atoms. The fourth-order valence-corrected chi connectivity index (χ4v) is 4.01. The first-order valence-electron chi connectivity index (χ1n) is 9.48. The monoisotopic (exact) mass is 399 g/mol. The Morgan fingerprint density at radius 3 is 2.14 bits per heavy atom. The summed E-state index contributed by atoms with van der Waals surface area (Å²) < 4.78 is 2.07. The number of benzene rings is 2. The van der Waals surface area contributed by atoms with Crippen LogP contribution in [0.25, 0.3) is 0 Å². The van der Waals surface area contributed by atoms with Gasteiger partial charge in [-0.3, -0.25) is 9.78 Å². The van der Waals surface area contributed by atoms with E-state index < -0.39 is 0 Å². The number of hydrogen-bond acceptors (Lipinski definition) is 4. The topological polar surface area (TPSA) is 47.8 Å². The van der Waals surface area contributed by atoms with Gasteiger partial charge in [-0.05, 0) is 28.8 Å². The number of thioether (sulfide) groups is 1. The molecule has 0 saturated heterocycles. The van der Waals surface area contributed by atoms with E-state index in [0.717, 1.165) is 22.0 Å². The van der Waals surface area contributed by atoms with Gasteiger partial charge in [0.25, 0.3) is 5.56 Å². The number of rotatable bonds is 7. The van der Waals surface area contributed by atoms with Gasteiger partial charge in [0, 0.05) is 42.9 Å². The van der Waals surface area contributed by atoms with Crippen LogP contribution in [-0.4, -0.2) is 14.5 Å². The molecule has 0 fully saturated rings. The molecule has 0 unspecified atom stereocenters. The van der Waals surface area contributed by atoms with E-state index >= 15 is 0 Å². The summed E-state index contributed by atoms with van der Waals surface area (Å²) in [4.78, 5) is 21.2. The summed E-state index contributed by atoms with van der Waals surface area (Å²) >= 11 is 1.58. The summed E-state index contributed by atoms with van der Waals surface area (Å²) in [5, 5.41) is 0.729. The minimum atomic E-state index is -0.157. The van der Waals surface area contributed by atoms with Crippen molar-refractivity contribution in [1.29, 1.82) is 0 Å². The summed E-state index contributed by atoms with van der Waals surface area (Å²) in [6, 6.07) is 24.2. The van der Waals surface area contributed by atoms with Crippen LogP contribution < -0.4 is 5.56 Å². The van der Waals surface area contributed by atoms with Gasteiger partial charge in [-0.1, -0.05) is 72.4 Å². The largest absolute Gasteiger partial charge is 0.323 e. The summed E-state index contributed by atoms with van der Waals surface area (Å²) in [5.74, 6) is 0.766. The molecule has 2 aromatic carbocycles. The standard InChI is InChI=1S/C24H21N3OS/c28-23-22(15-19-7-3-1-4-8-19)17-27(16-20-11-13-25-14-12-20)24(26-23)29-18-21-9-5-2-6-10-21/h1-14,17H,15-16,18H2. The highest BCUT2D eigenvalue weighted by atomic mass is 32.2. The fourth-order valence-electron chi connectivity index (χ4n) is 3.09. The Balaban J connectivity index is 1.65. The lowest BCUT2D eigenvalue weighted by Gasteiger charge is -2.14. The predicted octanol–water partition coefficient (Wildman–Crippen LogP) is 4.57. The highest BCUT2D eigenvalue weighted by Gasteiger charge is 2.11. The lowest BCUT2D eigenvalue weighted by molar-refractivity contribution is 0.653. The van der Waals surface area contributed by atoms with E-state index in [1.54, 1.807) is 24.2 Å². The van der Waals surface area contributed by atoms with E-state index in [9.17, 15) is 4.79 Å². The molecule has 0 amide bonds. The molecule has 0 spiro atoms. The van der Waals surface area contributed by atoms with Gasteiger partial charge in [0.2, 0.25) is 0 Å². The maximum Gasteiger partial charge on any atom is 0.277 e. The molecule has 0 N–H and O–H groups in total. The Bertz CT molecular complexity index is 1110. The van der Waals surface area contributed by atoms with Crippen molar-refractivity contribution in [3.63, 3.8) is 0 Å². The molecule has 0 radical (unpaired) electrons. The molecule has 144 valence electrons. The third kappa shape index (κ3) is 5.21. The number of aromatic nitrogens is 3. The van der Waals surface area contributed by atoms with Crippen LogP contribution in [0.4, 0.5) is 0 Å². The van der Waals surface area contributed by atoms with Crippen LogP contribution in [0, 0.1) is 0 Å². The van der Waals surface area contributed by atoms with Crippen molar-refractivity contribution in [2.45, 2.75) is 23.9 Å². The average Bonchev–Trinajstić information content (AvgIpc) is 2.77. The minimum Gasteiger partial charge on any atom is -0.323 e. The summed E-state index contributed by atoms with van der Waals surface area (Å²) in [5.41, 5.74) is 3.98. The molecule has 0 aliphatic carbocycles. The van der Waals surface area contributed by atoms with Crippen LogP contribution in [0.5, 0.6) is 0 Å². The first kappa shape index (κ1) is 19.2. The third-order valence-corrected chi connectivity index (χ3v) is 5.64. The molecule has 0 aliphatic heterocycles. The van der Waals surface area contributed by atoms with E-state index in [1.165, 1.54) is 5.56 Å². The lowest BCUT2D eigenvalue weighted by Crippen LogP contribution is -2.20. The smallest absolute Gasteiger partial charge is 0.277 e. The molecule has 4 rings (SSSR count). The zero-order valence-corrected chi connectivity index (χ0v) is 16.8. The van der Waals surface area contributed by atoms with E-state index in [1.807, 2.05) is 66.9 Å². The third-order valence-electron chi connectivity index (χ3n) is 4.58. The van der Waals surface area contributed by atoms with Crippen LogP contribution in [-0.2, 0) is 18.7 Å². The zero-order valence-electron chi connectivity index (χ0n) is 15.9. The van der Waals surface area contributed by atoms with Crippen molar-refractivity contribution >= 4 is 11.8 Å². The fraction of sp³-hybridized carbons (Fsp3) is 0.125. The highest BCUT2D eigenvalue weighted by Crippen LogP contribution is 2.21. The summed E-state index contributed by atoms with van der Waals surface area (Å²) in [7, 11) is 0. The second-order valence-corrected chi connectivity index (χ2v) is 7.72. The molecule has 0 aliphatic rings. The first-order valence-corrected chi connectivity index (χ1v) is 10.5. The molecule has 4 nitrogen and oxygen atoms in total. The average molecular weight is 400 g/mol. The van der Waals surface area contributed by atoms with Crippen molar-refractivity contribution in [1.82, 2.24) is 14.5 Å². The Morgan fingerprint density at radius 1 is 0.793 bits per heavy atom. The van der Waals surface area contributed by atoms with Gasteiger partial charge < -0.3 is 4.57 Å². The molecular weight excluding hydrogens is 378 g/mol. The van der Waals surface area contributed by atoms with Gasteiger partial charge in [-0.15, -0.1) is 0 Å². The van der Waals surface area contributed by atoms with Crippen LogP contribution in [0.3, 0.4) is 0 Å². The van der Waals surface area contributed by atoms with Gasteiger partial charge >= 0.3 is 0 Å². The molecule has 2 aromatic heterocycles. The molecule has 0 saturated carbocycles. The van der Waals surface area contributed by atoms with Gasteiger partial charge in [0.05, 0.1) is 0 Å². The Morgan fingerprint density at radius 2 is 1.45 bits per heavy atom. The van der Waals surface area contributed by atoms with E-state index in [2.05, 4.69) is 26.7 Å². The van der Waals surface area contributed by atoms with Crippen LogP contribution in [0.2, 0.25) is 0 Å². The molecule has 4 aromatic rings. The molecule has 5 heteroatoms. The molecule has 2 heterocycles. The van der Waals surface area contributed by atoms with Crippen LogP contribution in [0.15, 0.2) is 101 Å². The highest BCUT2D eigenvalue weighted by molar-refractivity contribution is 7.98. The van der Waals surface area contributed by atoms with Gasteiger partial charge in [0.15, 0.2) is 5.16 Å². The van der Waals surface area contributed by atoms with Gasteiger partial charge in [-0.25, -0.2) is 0 Å². The maximum atomic E-state index is 12.7. The van der Waals surface area contributed by atoms with Crippen molar-refractivity contribution in [2.24, 2.45) is 0 Å². The quantitative estimate of drug-likeness (QED) is 0.337. The predicted molar refractivity (Wildman–Crippen MR) is 117 cm³/mol. The lowest BCUT2D eigenvalue weighted by atomic mass is 10.1. The second-order valence-electron chi connectivity index (χ2n) is 6.77. The van der Waals surface area contributed by atoms with E-state index in [0.29, 0.717) is 18.5 Å². The molecule has 0 atom stereocenters. The SMILES string of the molecule is O=c1nc(SCc2ccccc2)n(Cc2ccncc2)cc1Cc1ccccc1. The van der Waals surface area contributed by atoms with Crippen molar-refractivity contribution < 1.29 is 0 Å². The zero-order chi connectivity index (χ0) is 19.9. The van der Waals surface area contributed by atoms with Crippen LogP contribution >= 0.6 is 11.8 Å².